The zero-order valence-corrected chi connectivity index (χ0v) is 9.02. The Morgan fingerprint density at radius 1 is 1.62 bits per heavy atom. The summed E-state index contributed by atoms with van der Waals surface area (Å²) in [5.41, 5.74) is -0.501. The van der Waals surface area contributed by atoms with E-state index in [1.54, 1.807) is 19.9 Å². The van der Waals surface area contributed by atoms with Crippen molar-refractivity contribution in [2.45, 2.75) is 13.8 Å². The van der Waals surface area contributed by atoms with E-state index in [0.717, 1.165) is 6.07 Å². The van der Waals surface area contributed by atoms with Crippen molar-refractivity contribution in [2.75, 3.05) is 6.61 Å². The molecule has 0 saturated heterocycles. The van der Waals surface area contributed by atoms with Gasteiger partial charge < -0.3 is 14.3 Å². The first-order valence-corrected chi connectivity index (χ1v) is 4.77. The van der Waals surface area contributed by atoms with Gasteiger partial charge >= 0.3 is 5.97 Å². The molecule has 0 fully saturated rings. The van der Waals surface area contributed by atoms with Gasteiger partial charge in [0, 0.05) is 6.07 Å². The van der Waals surface area contributed by atoms with E-state index in [2.05, 4.69) is 0 Å². The molecule has 0 aromatic carbocycles. The zero-order valence-electron chi connectivity index (χ0n) is 9.02. The number of aromatic carboxylic acids is 1. The molecule has 5 heteroatoms. The highest BCUT2D eigenvalue weighted by Crippen LogP contribution is 2.17. The van der Waals surface area contributed by atoms with Gasteiger partial charge in [0.1, 0.15) is 0 Å². The molecule has 1 heterocycles. The molecule has 16 heavy (non-hydrogen) atoms. The van der Waals surface area contributed by atoms with Gasteiger partial charge in [0.25, 0.3) is 0 Å². The molecule has 0 unspecified atom stereocenters. The van der Waals surface area contributed by atoms with E-state index < -0.39 is 17.2 Å². The first kappa shape index (κ1) is 12.0. The minimum atomic E-state index is -1.29. The SMILES string of the molecule is CC=Cc1oc(C(=O)O)cc(=O)c1OCC. The van der Waals surface area contributed by atoms with Gasteiger partial charge in [-0.3, -0.25) is 4.79 Å². The first-order chi connectivity index (χ1) is 7.60. The fraction of sp³-hybridized carbons (Fsp3) is 0.273. The maximum absolute atomic E-state index is 11.5. The van der Waals surface area contributed by atoms with Gasteiger partial charge in [0.2, 0.25) is 16.9 Å². The van der Waals surface area contributed by atoms with Gasteiger partial charge in [-0.25, -0.2) is 4.79 Å². The Labute approximate surface area is 92.0 Å². The number of rotatable bonds is 4. The molecule has 1 rings (SSSR count). The van der Waals surface area contributed by atoms with Crippen molar-refractivity contribution < 1.29 is 19.1 Å². The predicted molar refractivity (Wildman–Crippen MR) is 57.8 cm³/mol. The van der Waals surface area contributed by atoms with E-state index in [1.165, 1.54) is 6.08 Å². The van der Waals surface area contributed by atoms with Crippen molar-refractivity contribution >= 4 is 12.0 Å². The van der Waals surface area contributed by atoms with E-state index in [-0.39, 0.29) is 11.5 Å². The third kappa shape index (κ3) is 2.50. The van der Waals surface area contributed by atoms with Crippen molar-refractivity contribution in [1.29, 1.82) is 0 Å². The minimum Gasteiger partial charge on any atom is -0.487 e. The van der Waals surface area contributed by atoms with Gasteiger partial charge in [-0.1, -0.05) is 6.08 Å². The largest absolute Gasteiger partial charge is 0.487 e. The van der Waals surface area contributed by atoms with Crippen LogP contribution in [0.1, 0.15) is 30.2 Å². The molecule has 1 aromatic heterocycles. The summed E-state index contributed by atoms with van der Waals surface area (Å²) < 4.78 is 10.1. The average molecular weight is 224 g/mol. The van der Waals surface area contributed by atoms with Crippen LogP contribution in [0.15, 0.2) is 21.4 Å². The highest BCUT2D eigenvalue weighted by molar-refractivity contribution is 5.84. The standard InChI is InChI=1S/C11H12O5/c1-3-5-8-10(15-4-2)7(12)6-9(16-8)11(13)14/h3,5-6H,4H2,1-2H3,(H,13,14). The van der Waals surface area contributed by atoms with Crippen LogP contribution in [0.2, 0.25) is 0 Å². The van der Waals surface area contributed by atoms with Gasteiger partial charge in [-0.2, -0.15) is 0 Å². The number of carboxylic acid groups (broad SMARTS) is 1. The second kappa shape index (κ2) is 5.16. The molecular formula is C11H12O5. The molecule has 0 aliphatic heterocycles. The lowest BCUT2D eigenvalue weighted by Crippen LogP contribution is -2.12. The van der Waals surface area contributed by atoms with Crippen LogP contribution in [-0.4, -0.2) is 17.7 Å². The van der Waals surface area contributed by atoms with Crippen molar-refractivity contribution in [3.05, 3.63) is 33.9 Å². The average Bonchev–Trinajstić information content (AvgIpc) is 2.23. The Hall–Kier alpha value is -2.04. The number of hydrogen-bond acceptors (Lipinski definition) is 4. The Morgan fingerprint density at radius 3 is 2.81 bits per heavy atom. The third-order valence-electron chi connectivity index (χ3n) is 1.75. The quantitative estimate of drug-likeness (QED) is 0.843. The van der Waals surface area contributed by atoms with Crippen molar-refractivity contribution in [3.63, 3.8) is 0 Å². The number of allylic oxidation sites excluding steroid dienone is 1. The molecule has 0 bridgehead atoms. The number of carbonyl (C=O) groups is 1. The number of hydrogen-bond donors (Lipinski definition) is 1. The molecular weight excluding hydrogens is 212 g/mol. The summed E-state index contributed by atoms with van der Waals surface area (Å²) in [5, 5.41) is 8.73. The fourth-order valence-electron chi connectivity index (χ4n) is 1.15. The van der Waals surface area contributed by atoms with Gasteiger partial charge in [0.05, 0.1) is 6.61 Å². The van der Waals surface area contributed by atoms with Crippen LogP contribution in [-0.2, 0) is 0 Å². The summed E-state index contributed by atoms with van der Waals surface area (Å²) in [7, 11) is 0. The van der Waals surface area contributed by atoms with E-state index >= 15 is 0 Å². The molecule has 0 aliphatic carbocycles. The summed E-state index contributed by atoms with van der Waals surface area (Å²) in [6, 6.07) is 0.903. The summed E-state index contributed by atoms with van der Waals surface area (Å²) >= 11 is 0. The van der Waals surface area contributed by atoms with Gasteiger partial charge in [0.15, 0.2) is 5.76 Å². The van der Waals surface area contributed by atoms with Crippen LogP contribution < -0.4 is 10.2 Å². The second-order valence-corrected chi connectivity index (χ2v) is 2.91. The Balaban J connectivity index is 3.39. The molecule has 0 aliphatic rings. The van der Waals surface area contributed by atoms with Crippen LogP contribution in [0.25, 0.3) is 6.08 Å². The molecule has 1 aromatic rings. The Bertz CT molecular complexity index is 470. The smallest absolute Gasteiger partial charge is 0.371 e. The van der Waals surface area contributed by atoms with Crippen molar-refractivity contribution in [3.8, 4) is 5.75 Å². The molecule has 0 amide bonds. The summed E-state index contributed by atoms with van der Waals surface area (Å²) in [6.45, 7) is 3.76. The lowest BCUT2D eigenvalue weighted by Gasteiger charge is -2.05. The highest BCUT2D eigenvalue weighted by atomic mass is 16.5. The molecule has 0 atom stereocenters. The van der Waals surface area contributed by atoms with E-state index in [1.807, 2.05) is 0 Å². The fourth-order valence-corrected chi connectivity index (χ4v) is 1.15. The number of ether oxygens (including phenoxy) is 1. The van der Waals surface area contributed by atoms with Crippen molar-refractivity contribution in [1.82, 2.24) is 0 Å². The summed E-state index contributed by atoms with van der Waals surface area (Å²) in [5.74, 6) is -1.53. The van der Waals surface area contributed by atoms with Crippen molar-refractivity contribution in [2.24, 2.45) is 0 Å². The second-order valence-electron chi connectivity index (χ2n) is 2.91. The Morgan fingerprint density at radius 2 is 2.31 bits per heavy atom. The van der Waals surface area contributed by atoms with Crippen LogP contribution in [0, 0.1) is 0 Å². The monoisotopic (exact) mass is 224 g/mol. The first-order valence-electron chi connectivity index (χ1n) is 4.77. The maximum Gasteiger partial charge on any atom is 0.371 e. The number of carboxylic acids is 1. The van der Waals surface area contributed by atoms with Crippen LogP contribution >= 0.6 is 0 Å². The normalized spacial score (nSPS) is 10.6. The molecule has 86 valence electrons. The van der Waals surface area contributed by atoms with E-state index in [0.29, 0.717) is 6.61 Å². The molecule has 0 spiro atoms. The van der Waals surface area contributed by atoms with Crippen LogP contribution in [0.4, 0.5) is 0 Å². The molecule has 5 nitrogen and oxygen atoms in total. The van der Waals surface area contributed by atoms with Crippen LogP contribution in [0.5, 0.6) is 5.75 Å². The molecule has 0 saturated carbocycles. The maximum atomic E-state index is 11.5. The highest BCUT2D eigenvalue weighted by Gasteiger charge is 2.14. The van der Waals surface area contributed by atoms with Gasteiger partial charge in [-0.15, -0.1) is 0 Å². The molecule has 0 radical (unpaired) electrons. The lowest BCUT2D eigenvalue weighted by molar-refractivity contribution is 0.0658. The summed E-state index contributed by atoms with van der Waals surface area (Å²) in [6.07, 6.45) is 3.12. The molecule has 1 N–H and O–H groups in total. The zero-order chi connectivity index (χ0) is 12.1. The topological polar surface area (TPSA) is 76.7 Å². The third-order valence-corrected chi connectivity index (χ3v) is 1.75. The lowest BCUT2D eigenvalue weighted by atomic mass is 10.3. The van der Waals surface area contributed by atoms with Crippen LogP contribution in [0.3, 0.4) is 0 Å². The summed E-state index contributed by atoms with van der Waals surface area (Å²) in [4.78, 5) is 22.2. The Kier molecular flexibility index (Phi) is 3.88. The minimum absolute atomic E-state index is 0.0330. The van der Waals surface area contributed by atoms with E-state index in [9.17, 15) is 9.59 Å². The predicted octanol–water partition coefficient (Wildman–Crippen LogP) is 1.77. The van der Waals surface area contributed by atoms with Gasteiger partial charge in [-0.05, 0) is 19.9 Å². The van der Waals surface area contributed by atoms with E-state index in [4.69, 9.17) is 14.3 Å².